The van der Waals surface area contributed by atoms with Crippen molar-refractivity contribution in [1.29, 1.82) is 0 Å². The van der Waals surface area contributed by atoms with Gasteiger partial charge in [0.1, 0.15) is 11.5 Å². The maximum absolute atomic E-state index is 12.7. The summed E-state index contributed by atoms with van der Waals surface area (Å²) in [7, 11) is 3.12. The first-order valence-electron chi connectivity index (χ1n) is 8.38. The largest absolute Gasteiger partial charge is 0.497 e. The first kappa shape index (κ1) is 16.8. The van der Waals surface area contributed by atoms with E-state index in [0.717, 1.165) is 16.6 Å². The van der Waals surface area contributed by atoms with Crippen LogP contribution in [0.5, 0.6) is 11.5 Å². The Hall–Kier alpha value is -3.67. The van der Waals surface area contributed by atoms with Gasteiger partial charge in [-0.2, -0.15) is 0 Å². The molecule has 0 fully saturated rings. The lowest BCUT2D eigenvalue weighted by molar-refractivity contribution is 0.102. The van der Waals surface area contributed by atoms with Gasteiger partial charge in [0.2, 0.25) is 0 Å². The zero-order valence-corrected chi connectivity index (χ0v) is 14.9. The SMILES string of the molecule is COc1ccc(OC)c(NC(=O)c2ccc3nc4ccccc4nc3c2)c1. The van der Waals surface area contributed by atoms with Crippen LogP contribution in [0.3, 0.4) is 0 Å². The first-order chi connectivity index (χ1) is 13.2. The van der Waals surface area contributed by atoms with E-state index in [0.29, 0.717) is 28.3 Å². The average molecular weight is 359 g/mol. The second kappa shape index (κ2) is 6.92. The highest BCUT2D eigenvalue weighted by Crippen LogP contribution is 2.29. The zero-order valence-electron chi connectivity index (χ0n) is 14.9. The highest BCUT2D eigenvalue weighted by Gasteiger charge is 2.12. The quantitative estimate of drug-likeness (QED) is 0.557. The van der Waals surface area contributed by atoms with E-state index in [1.54, 1.807) is 50.6 Å². The predicted octanol–water partition coefficient (Wildman–Crippen LogP) is 4.05. The molecule has 0 saturated carbocycles. The Bertz CT molecular complexity index is 1160. The molecule has 0 radical (unpaired) electrons. The van der Waals surface area contributed by atoms with E-state index in [1.165, 1.54) is 0 Å². The Morgan fingerprint density at radius 2 is 1.52 bits per heavy atom. The van der Waals surface area contributed by atoms with Crippen molar-refractivity contribution in [2.24, 2.45) is 0 Å². The van der Waals surface area contributed by atoms with Gasteiger partial charge in [-0.1, -0.05) is 12.1 Å². The third kappa shape index (κ3) is 3.25. The molecule has 0 aliphatic carbocycles. The minimum Gasteiger partial charge on any atom is -0.497 e. The summed E-state index contributed by atoms with van der Waals surface area (Å²) in [4.78, 5) is 21.9. The van der Waals surface area contributed by atoms with Gasteiger partial charge in [-0.15, -0.1) is 0 Å². The van der Waals surface area contributed by atoms with Gasteiger partial charge in [0.15, 0.2) is 0 Å². The minimum absolute atomic E-state index is 0.265. The van der Waals surface area contributed by atoms with Crippen molar-refractivity contribution in [2.45, 2.75) is 0 Å². The molecule has 134 valence electrons. The molecule has 1 amide bonds. The van der Waals surface area contributed by atoms with Crippen LogP contribution in [0.15, 0.2) is 60.7 Å². The summed E-state index contributed by atoms with van der Waals surface area (Å²) in [6.45, 7) is 0. The summed E-state index contributed by atoms with van der Waals surface area (Å²) >= 11 is 0. The van der Waals surface area contributed by atoms with Gasteiger partial charge < -0.3 is 14.8 Å². The van der Waals surface area contributed by atoms with Gasteiger partial charge in [-0.05, 0) is 42.5 Å². The molecule has 0 aliphatic heterocycles. The molecule has 1 N–H and O–H groups in total. The third-order valence-corrected chi connectivity index (χ3v) is 4.26. The number of aromatic nitrogens is 2. The van der Waals surface area contributed by atoms with Crippen molar-refractivity contribution in [2.75, 3.05) is 19.5 Å². The van der Waals surface area contributed by atoms with Gasteiger partial charge in [-0.3, -0.25) is 4.79 Å². The smallest absolute Gasteiger partial charge is 0.255 e. The molecule has 3 aromatic carbocycles. The van der Waals surface area contributed by atoms with Crippen LogP contribution < -0.4 is 14.8 Å². The van der Waals surface area contributed by atoms with Crippen molar-refractivity contribution >= 4 is 33.7 Å². The number of benzene rings is 3. The number of carbonyl (C=O) groups excluding carboxylic acids is 1. The summed E-state index contributed by atoms with van der Waals surface area (Å²) in [5, 5.41) is 2.86. The monoisotopic (exact) mass is 359 g/mol. The molecule has 0 saturated heterocycles. The third-order valence-electron chi connectivity index (χ3n) is 4.26. The highest BCUT2D eigenvalue weighted by atomic mass is 16.5. The number of carbonyl (C=O) groups is 1. The van der Waals surface area contributed by atoms with Crippen LogP contribution in [0, 0.1) is 0 Å². The summed E-state index contributed by atoms with van der Waals surface area (Å²) in [6, 6.07) is 18.1. The number of nitrogens with zero attached hydrogens (tertiary/aromatic N) is 2. The second-order valence-corrected chi connectivity index (χ2v) is 5.94. The summed E-state index contributed by atoms with van der Waals surface area (Å²) in [6.07, 6.45) is 0. The molecule has 6 nitrogen and oxygen atoms in total. The number of anilines is 1. The molecule has 1 aromatic heterocycles. The molecule has 0 atom stereocenters. The molecule has 4 aromatic rings. The molecule has 1 heterocycles. The molecule has 0 unspecified atom stereocenters. The predicted molar refractivity (Wildman–Crippen MR) is 105 cm³/mol. The molecule has 0 aliphatic rings. The van der Waals surface area contributed by atoms with Crippen LogP contribution in [-0.2, 0) is 0 Å². The number of methoxy groups -OCH3 is 2. The molecule has 0 spiro atoms. The lowest BCUT2D eigenvalue weighted by atomic mass is 10.1. The maximum atomic E-state index is 12.7. The van der Waals surface area contributed by atoms with E-state index in [4.69, 9.17) is 9.47 Å². The van der Waals surface area contributed by atoms with Crippen LogP contribution in [-0.4, -0.2) is 30.1 Å². The second-order valence-electron chi connectivity index (χ2n) is 5.94. The standard InChI is InChI=1S/C21H17N3O3/c1-26-14-8-10-20(27-2)19(12-14)24-21(25)13-7-9-17-18(11-13)23-16-6-4-3-5-15(16)22-17/h3-12H,1-2H3,(H,24,25). The Kier molecular flexibility index (Phi) is 4.30. The van der Waals surface area contributed by atoms with E-state index >= 15 is 0 Å². The zero-order chi connectivity index (χ0) is 18.8. The molecule has 0 bridgehead atoms. The number of amides is 1. The summed E-state index contributed by atoms with van der Waals surface area (Å²) < 4.78 is 10.5. The number of nitrogens with one attached hydrogen (secondary N) is 1. The maximum Gasteiger partial charge on any atom is 0.255 e. The average Bonchev–Trinajstić information content (AvgIpc) is 2.71. The number of fused-ring (bicyclic) bond motifs is 2. The lowest BCUT2D eigenvalue weighted by Crippen LogP contribution is -2.13. The van der Waals surface area contributed by atoms with Crippen LogP contribution in [0.1, 0.15) is 10.4 Å². The van der Waals surface area contributed by atoms with Crippen molar-refractivity contribution in [3.8, 4) is 11.5 Å². The van der Waals surface area contributed by atoms with Gasteiger partial charge in [-0.25, -0.2) is 9.97 Å². The van der Waals surface area contributed by atoms with E-state index in [9.17, 15) is 4.79 Å². The van der Waals surface area contributed by atoms with E-state index in [2.05, 4.69) is 15.3 Å². The van der Waals surface area contributed by atoms with Crippen LogP contribution in [0.4, 0.5) is 5.69 Å². The topological polar surface area (TPSA) is 73.3 Å². The Balaban J connectivity index is 1.69. The van der Waals surface area contributed by atoms with E-state index in [1.807, 2.05) is 24.3 Å². The number of hydrogen-bond acceptors (Lipinski definition) is 5. The van der Waals surface area contributed by atoms with Crippen molar-refractivity contribution in [1.82, 2.24) is 9.97 Å². The fourth-order valence-electron chi connectivity index (χ4n) is 2.87. The highest BCUT2D eigenvalue weighted by molar-refractivity contribution is 6.07. The molecular weight excluding hydrogens is 342 g/mol. The summed E-state index contributed by atoms with van der Waals surface area (Å²) in [5.74, 6) is 0.913. The van der Waals surface area contributed by atoms with Gasteiger partial charge in [0.25, 0.3) is 5.91 Å². The summed E-state index contributed by atoms with van der Waals surface area (Å²) in [5.41, 5.74) is 4.03. The van der Waals surface area contributed by atoms with Crippen LogP contribution >= 0.6 is 0 Å². The number of para-hydroxylation sites is 2. The fourth-order valence-corrected chi connectivity index (χ4v) is 2.87. The van der Waals surface area contributed by atoms with Gasteiger partial charge in [0, 0.05) is 11.6 Å². The lowest BCUT2D eigenvalue weighted by Gasteiger charge is -2.12. The van der Waals surface area contributed by atoms with E-state index in [-0.39, 0.29) is 5.91 Å². The number of rotatable bonds is 4. The van der Waals surface area contributed by atoms with Gasteiger partial charge in [0.05, 0.1) is 42.0 Å². The minimum atomic E-state index is -0.265. The number of ether oxygens (including phenoxy) is 2. The molecular formula is C21H17N3O3. The van der Waals surface area contributed by atoms with Crippen molar-refractivity contribution in [3.63, 3.8) is 0 Å². The Morgan fingerprint density at radius 3 is 2.22 bits per heavy atom. The van der Waals surface area contributed by atoms with Crippen molar-refractivity contribution < 1.29 is 14.3 Å². The van der Waals surface area contributed by atoms with Crippen molar-refractivity contribution in [3.05, 3.63) is 66.2 Å². The Morgan fingerprint density at radius 1 is 0.815 bits per heavy atom. The normalized spacial score (nSPS) is 10.7. The fraction of sp³-hybridized carbons (Fsp3) is 0.0952. The van der Waals surface area contributed by atoms with E-state index < -0.39 is 0 Å². The number of hydrogen-bond donors (Lipinski definition) is 1. The Labute approximate surface area is 155 Å². The molecule has 27 heavy (non-hydrogen) atoms. The van der Waals surface area contributed by atoms with Gasteiger partial charge >= 0.3 is 0 Å². The molecule has 4 rings (SSSR count). The first-order valence-corrected chi connectivity index (χ1v) is 8.38. The van der Waals surface area contributed by atoms with Crippen LogP contribution in [0.2, 0.25) is 0 Å². The van der Waals surface area contributed by atoms with Crippen LogP contribution in [0.25, 0.3) is 22.1 Å². The molecule has 6 heteroatoms.